The molecule has 1 heterocycles. The van der Waals surface area contributed by atoms with Gasteiger partial charge in [-0.1, -0.05) is 30.3 Å². The Bertz CT molecular complexity index is 437. The second kappa shape index (κ2) is 5.33. The number of nitrogens with one attached hydrogen (secondary N) is 2. The fourth-order valence-corrected chi connectivity index (χ4v) is 3.29. The first-order valence-corrected chi connectivity index (χ1v) is 7.33. The van der Waals surface area contributed by atoms with Crippen molar-refractivity contribution in [3.8, 4) is 0 Å². The summed E-state index contributed by atoms with van der Waals surface area (Å²) in [6, 6.07) is 10.3. The monoisotopic (exact) mass is 258 g/mol. The summed E-state index contributed by atoms with van der Waals surface area (Å²) in [6.45, 7) is 2.91. The normalized spacial score (nSPS) is 24.1. The van der Waals surface area contributed by atoms with E-state index in [0.29, 0.717) is 5.41 Å². The molecule has 1 saturated carbocycles. The lowest BCUT2D eigenvalue weighted by atomic mass is 9.92. The lowest BCUT2D eigenvalue weighted by molar-refractivity contribution is -0.123. The van der Waals surface area contributed by atoms with Gasteiger partial charge < -0.3 is 10.6 Å². The van der Waals surface area contributed by atoms with Crippen LogP contribution in [-0.4, -0.2) is 25.5 Å². The first-order chi connectivity index (χ1) is 9.30. The third-order valence-corrected chi connectivity index (χ3v) is 4.66. The summed E-state index contributed by atoms with van der Waals surface area (Å²) in [4.78, 5) is 12.1. The molecule has 1 aromatic carbocycles. The molecule has 3 nitrogen and oxygen atoms in total. The van der Waals surface area contributed by atoms with Gasteiger partial charge in [-0.2, -0.15) is 0 Å². The number of amides is 1. The van der Waals surface area contributed by atoms with Crippen LogP contribution >= 0.6 is 0 Å². The summed E-state index contributed by atoms with van der Waals surface area (Å²) in [5.41, 5.74) is 1.64. The smallest absolute Gasteiger partial charge is 0.223 e. The van der Waals surface area contributed by atoms with Crippen LogP contribution in [0.2, 0.25) is 0 Å². The van der Waals surface area contributed by atoms with Crippen molar-refractivity contribution < 1.29 is 4.79 Å². The second-order valence-corrected chi connectivity index (χ2v) is 5.90. The summed E-state index contributed by atoms with van der Waals surface area (Å²) < 4.78 is 0. The molecule has 1 aliphatic heterocycles. The second-order valence-electron chi connectivity index (χ2n) is 5.90. The molecule has 1 saturated heterocycles. The SMILES string of the molecule is O=C(NCCc1ccccc1)[C@H]1CC12CCNCC2. The summed E-state index contributed by atoms with van der Waals surface area (Å²) in [5, 5.41) is 6.48. The van der Waals surface area contributed by atoms with Gasteiger partial charge in [0.05, 0.1) is 0 Å². The van der Waals surface area contributed by atoms with Crippen LogP contribution in [0.3, 0.4) is 0 Å². The largest absolute Gasteiger partial charge is 0.356 e. The Morgan fingerprint density at radius 1 is 1.26 bits per heavy atom. The molecule has 3 heteroatoms. The molecular weight excluding hydrogens is 236 g/mol. The number of carbonyl (C=O) groups excluding carboxylic acids is 1. The van der Waals surface area contributed by atoms with Crippen molar-refractivity contribution in [2.24, 2.45) is 11.3 Å². The van der Waals surface area contributed by atoms with Gasteiger partial charge in [0.1, 0.15) is 0 Å². The molecule has 19 heavy (non-hydrogen) atoms. The molecule has 1 atom stereocenters. The summed E-state index contributed by atoms with van der Waals surface area (Å²) >= 11 is 0. The lowest BCUT2D eigenvalue weighted by Crippen LogP contribution is -2.34. The van der Waals surface area contributed by atoms with Crippen molar-refractivity contribution in [2.45, 2.75) is 25.7 Å². The quantitative estimate of drug-likeness (QED) is 0.863. The van der Waals surface area contributed by atoms with Crippen LogP contribution in [0.1, 0.15) is 24.8 Å². The number of carbonyl (C=O) groups is 1. The van der Waals surface area contributed by atoms with Crippen LogP contribution in [0.15, 0.2) is 30.3 Å². The Hall–Kier alpha value is -1.35. The molecule has 2 fully saturated rings. The average Bonchev–Trinajstić information content (AvgIpc) is 3.14. The van der Waals surface area contributed by atoms with E-state index in [2.05, 4.69) is 22.8 Å². The minimum atomic E-state index is 0.276. The molecule has 102 valence electrons. The third-order valence-electron chi connectivity index (χ3n) is 4.66. The van der Waals surface area contributed by atoms with Gasteiger partial charge in [0.25, 0.3) is 0 Å². The maximum atomic E-state index is 12.1. The number of benzene rings is 1. The van der Waals surface area contributed by atoms with E-state index in [1.165, 1.54) is 18.4 Å². The van der Waals surface area contributed by atoms with Crippen molar-refractivity contribution in [3.05, 3.63) is 35.9 Å². The first-order valence-electron chi connectivity index (χ1n) is 7.33. The van der Waals surface area contributed by atoms with Crippen LogP contribution in [0.4, 0.5) is 0 Å². The van der Waals surface area contributed by atoms with E-state index >= 15 is 0 Å². The van der Waals surface area contributed by atoms with Gasteiger partial charge >= 0.3 is 0 Å². The van der Waals surface area contributed by atoms with Crippen molar-refractivity contribution >= 4 is 5.91 Å². The van der Waals surface area contributed by atoms with Crippen LogP contribution in [-0.2, 0) is 11.2 Å². The summed E-state index contributed by atoms with van der Waals surface area (Å²) in [6.07, 6.45) is 4.37. The minimum Gasteiger partial charge on any atom is -0.356 e. The average molecular weight is 258 g/mol. The van der Waals surface area contributed by atoms with E-state index < -0.39 is 0 Å². The van der Waals surface area contributed by atoms with Crippen LogP contribution in [0.25, 0.3) is 0 Å². The predicted octanol–water partition coefficient (Wildman–Crippen LogP) is 1.73. The highest BCUT2D eigenvalue weighted by atomic mass is 16.2. The van der Waals surface area contributed by atoms with E-state index in [4.69, 9.17) is 0 Å². The Kier molecular flexibility index (Phi) is 3.56. The van der Waals surface area contributed by atoms with Gasteiger partial charge in [-0.3, -0.25) is 4.79 Å². The van der Waals surface area contributed by atoms with Gasteiger partial charge in [0.2, 0.25) is 5.91 Å². The van der Waals surface area contributed by atoms with Gasteiger partial charge in [0, 0.05) is 12.5 Å². The fraction of sp³-hybridized carbons (Fsp3) is 0.562. The zero-order valence-electron chi connectivity index (χ0n) is 11.3. The highest BCUT2D eigenvalue weighted by molar-refractivity contribution is 5.82. The Morgan fingerprint density at radius 3 is 2.74 bits per heavy atom. The molecule has 0 unspecified atom stereocenters. The molecule has 1 aromatic rings. The van der Waals surface area contributed by atoms with Gasteiger partial charge in [-0.05, 0) is 49.8 Å². The van der Waals surface area contributed by atoms with Crippen molar-refractivity contribution in [1.29, 1.82) is 0 Å². The summed E-state index contributed by atoms with van der Waals surface area (Å²) in [5.74, 6) is 0.559. The number of hydrogen-bond acceptors (Lipinski definition) is 2. The molecular formula is C16H22N2O. The molecule has 1 aliphatic carbocycles. The topological polar surface area (TPSA) is 41.1 Å². The molecule has 0 bridgehead atoms. The molecule has 1 spiro atoms. The Morgan fingerprint density at radius 2 is 2.00 bits per heavy atom. The molecule has 1 amide bonds. The zero-order chi connectivity index (χ0) is 13.1. The number of hydrogen-bond donors (Lipinski definition) is 2. The molecule has 2 aliphatic rings. The molecule has 0 radical (unpaired) electrons. The highest BCUT2D eigenvalue weighted by Gasteiger charge is 2.57. The van der Waals surface area contributed by atoms with E-state index in [1.54, 1.807) is 0 Å². The van der Waals surface area contributed by atoms with Gasteiger partial charge in [0.15, 0.2) is 0 Å². The standard InChI is InChI=1S/C16H22N2O/c19-15(14-12-16(14)7-10-17-11-8-16)18-9-6-13-4-2-1-3-5-13/h1-5,14,17H,6-12H2,(H,18,19)/t14-/m1/s1. The maximum absolute atomic E-state index is 12.1. The lowest BCUT2D eigenvalue weighted by Gasteiger charge is -2.23. The van der Waals surface area contributed by atoms with Crippen molar-refractivity contribution in [3.63, 3.8) is 0 Å². The minimum absolute atomic E-state index is 0.276. The Balaban J connectivity index is 1.43. The molecule has 2 N–H and O–H groups in total. The highest BCUT2D eigenvalue weighted by Crippen LogP contribution is 2.58. The zero-order valence-corrected chi connectivity index (χ0v) is 11.3. The van der Waals surface area contributed by atoms with Crippen LogP contribution < -0.4 is 10.6 Å². The van der Waals surface area contributed by atoms with Gasteiger partial charge in [-0.25, -0.2) is 0 Å². The Labute approximate surface area is 114 Å². The van der Waals surface area contributed by atoms with Crippen LogP contribution in [0, 0.1) is 11.3 Å². The van der Waals surface area contributed by atoms with E-state index in [9.17, 15) is 4.79 Å². The molecule has 0 aromatic heterocycles. The van der Waals surface area contributed by atoms with Crippen molar-refractivity contribution in [2.75, 3.05) is 19.6 Å². The predicted molar refractivity (Wildman–Crippen MR) is 75.8 cm³/mol. The molecule has 3 rings (SSSR count). The number of piperidine rings is 1. The summed E-state index contributed by atoms with van der Waals surface area (Å²) in [7, 11) is 0. The van der Waals surface area contributed by atoms with Gasteiger partial charge in [-0.15, -0.1) is 0 Å². The van der Waals surface area contributed by atoms with E-state index in [1.807, 2.05) is 18.2 Å². The fourth-order valence-electron chi connectivity index (χ4n) is 3.29. The third kappa shape index (κ3) is 2.81. The van der Waals surface area contributed by atoms with E-state index in [0.717, 1.165) is 32.5 Å². The van der Waals surface area contributed by atoms with Crippen LogP contribution in [0.5, 0.6) is 0 Å². The van der Waals surface area contributed by atoms with Crippen molar-refractivity contribution in [1.82, 2.24) is 10.6 Å². The first kappa shape index (κ1) is 12.7. The maximum Gasteiger partial charge on any atom is 0.223 e. The number of rotatable bonds is 4. The van der Waals surface area contributed by atoms with E-state index in [-0.39, 0.29) is 11.8 Å².